The van der Waals surface area contributed by atoms with Crippen LogP contribution in [-0.4, -0.2) is 21.6 Å². The van der Waals surface area contributed by atoms with E-state index in [0.29, 0.717) is 17.7 Å². The standard InChI is InChI=1S/C15H13NO2S/c1-2-3-6-9-19-15(18)14(17)12-10-16-13-8-5-4-7-11(12)13/h1,4-5,7-8,10,16H,3,6,9H2. The number of fused-ring (bicyclic) bond motifs is 1. The molecule has 0 spiro atoms. The lowest BCUT2D eigenvalue weighted by atomic mass is 10.1. The molecule has 2 aromatic rings. The number of thioether (sulfide) groups is 1. The number of Topliss-reactive ketones (excluding diaryl/α,β-unsaturated/α-hetero) is 1. The third-order valence-corrected chi connectivity index (χ3v) is 3.66. The minimum Gasteiger partial charge on any atom is -0.360 e. The molecule has 0 aliphatic heterocycles. The molecule has 0 saturated heterocycles. The predicted molar refractivity (Wildman–Crippen MR) is 78.2 cm³/mol. The number of unbranched alkanes of at least 4 members (excludes halogenated alkanes) is 1. The Bertz CT molecular complexity index is 651. The van der Waals surface area contributed by atoms with Crippen LogP contribution in [0.5, 0.6) is 0 Å². The molecule has 96 valence electrons. The van der Waals surface area contributed by atoms with Crippen molar-refractivity contribution in [3.63, 3.8) is 0 Å². The van der Waals surface area contributed by atoms with Gasteiger partial charge in [-0.05, 0) is 12.5 Å². The van der Waals surface area contributed by atoms with Gasteiger partial charge >= 0.3 is 0 Å². The van der Waals surface area contributed by atoms with Gasteiger partial charge < -0.3 is 4.98 Å². The van der Waals surface area contributed by atoms with Gasteiger partial charge in [0, 0.05) is 29.3 Å². The van der Waals surface area contributed by atoms with Gasteiger partial charge in [-0.15, -0.1) is 12.3 Å². The van der Waals surface area contributed by atoms with Crippen molar-refractivity contribution in [1.82, 2.24) is 4.98 Å². The number of carbonyl (C=O) groups excluding carboxylic acids is 2. The lowest BCUT2D eigenvalue weighted by molar-refractivity contribution is -0.107. The summed E-state index contributed by atoms with van der Waals surface area (Å²) in [4.78, 5) is 26.8. The van der Waals surface area contributed by atoms with Crippen LogP contribution in [-0.2, 0) is 4.79 Å². The summed E-state index contributed by atoms with van der Waals surface area (Å²) < 4.78 is 0. The van der Waals surface area contributed by atoms with Crippen molar-refractivity contribution in [2.24, 2.45) is 0 Å². The molecular formula is C15H13NO2S. The third kappa shape index (κ3) is 3.07. The second-order valence-corrected chi connectivity index (χ2v) is 5.09. The first-order valence-corrected chi connectivity index (χ1v) is 6.93. The van der Waals surface area contributed by atoms with Crippen molar-refractivity contribution >= 4 is 33.6 Å². The van der Waals surface area contributed by atoms with Crippen LogP contribution in [0.25, 0.3) is 10.9 Å². The predicted octanol–water partition coefficient (Wildman–Crippen LogP) is 3.02. The number of carbonyl (C=O) groups is 2. The van der Waals surface area contributed by atoms with E-state index < -0.39 is 10.9 Å². The number of aromatic amines is 1. The number of hydrogen-bond acceptors (Lipinski definition) is 3. The van der Waals surface area contributed by atoms with Gasteiger partial charge in [-0.2, -0.15) is 0 Å². The van der Waals surface area contributed by atoms with E-state index in [1.54, 1.807) is 6.20 Å². The first-order chi connectivity index (χ1) is 9.24. The maximum absolute atomic E-state index is 12.1. The number of nitrogens with one attached hydrogen (secondary N) is 1. The van der Waals surface area contributed by atoms with Crippen LogP contribution in [0.2, 0.25) is 0 Å². The third-order valence-electron chi connectivity index (χ3n) is 2.72. The Morgan fingerprint density at radius 3 is 2.89 bits per heavy atom. The number of ketones is 1. The minimum atomic E-state index is -0.455. The van der Waals surface area contributed by atoms with Crippen LogP contribution >= 0.6 is 11.8 Å². The zero-order valence-corrected chi connectivity index (χ0v) is 11.1. The Morgan fingerprint density at radius 2 is 2.11 bits per heavy atom. The highest BCUT2D eigenvalue weighted by atomic mass is 32.2. The van der Waals surface area contributed by atoms with Crippen LogP contribution in [0.1, 0.15) is 23.2 Å². The van der Waals surface area contributed by atoms with E-state index in [-0.39, 0.29) is 0 Å². The zero-order chi connectivity index (χ0) is 13.7. The number of terminal acetylenes is 1. The van der Waals surface area contributed by atoms with E-state index >= 15 is 0 Å². The molecule has 1 heterocycles. The first-order valence-electron chi connectivity index (χ1n) is 5.95. The highest BCUT2D eigenvalue weighted by Gasteiger charge is 2.19. The highest BCUT2D eigenvalue weighted by Crippen LogP contribution is 2.20. The number of H-pyrrole nitrogens is 1. The van der Waals surface area contributed by atoms with Gasteiger partial charge in [0.1, 0.15) is 0 Å². The summed E-state index contributed by atoms with van der Waals surface area (Å²) >= 11 is 1.03. The lowest BCUT2D eigenvalue weighted by Crippen LogP contribution is -2.10. The Balaban J connectivity index is 2.07. The van der Waals surface area contributed by atoms with Crippen LogP contribution in [0.4, 0.5) is 0 Å². The fraction of sp³-hybridized carbons (Fsp3) is 0.200. The Hall–Kier alpha value is -1.99. The molecule has 0 saturated carbocycles. The molecule has 0 bridgehead atoms. The number of hydrogen-bond donors (Lipinski definition) is 1. The summed E-state index contributed by atoms with van der Waals surface area (Å²) in [6.07, 6.45) is 8.09. The van der Waals surface area contributed by atoms with E-state index in [2.05, 4.69) is 10.9 Å². The Labute approximate surface area is 115 Å². The van der Waals surface area contributed by atoms with Crippen molar-refractivity contribution in [3.8, 4) is 12.3 Å². The summed E-state index contributed by atoms with van der Waals surface area (Å²) in [6.45, 7) is 0. The first kappa shape index (κ1) is 13.4. The van der Waals surface area contributed by atoms with Gasteiger partial charge in [0.2, 0.25) is 5.78 Å². The van der Waals surface area contributed by atoms with E-state index in [4.69, 9.17) is 6.42 Å². The molecule has 1 aromatic heterocycles. The average Bonchev–Trinajstić information content (AvgIpc) is 2.86. The van der Waals surface area contributed by atoms with Crippen molar-refractivity contribution in [2.75, 3.05) is 5.75 Å². The number of benzene rings is 1. The van der Waals surface area contributed by atoms with E-state index in [9.17, 15) is 9.59 Å². The van der Waals surface area contributed by atoms with Gasteiger partial charge in [-0.3, -0.25) is 9.59 Å². The molecule has 2 rings (SSSR count). The summed E-state index contributed by atoms with van der Waals surface area (Å²) in [5, 5.41) is 0.354. The molecule has 0 aliphatic carbocycles. The van der Waals surface area contributed by atoms with Crippen molar-refractivity contribution in [1.29, 1.82) is 0 Å². The maximum Gasteiger partial charge on any atom is 0.260 e. The largest absolute Gasteiger partial charge is 0.360 e. The van der Waals surface area contributed by atoms with Gasteiger partial charge in [0.15, 0.2) is 0 Å². The second kappa shape index (κ2) is 6.26. The molecule has 1 aromatic carbocycles. The zero-order valence-electron chi connectivity index (χ0n) is 10.3. The van der Waals surface area contributed by atoms with Gasteiger partial charge in [0.05, 0.1) is 5.56 Å². The van der Waals surface area contributed by atoms with Crippen molar-refractivity contribution in [3.05, 3.63) is 36.0 Å². The van der Waals surface area contributed by atoms with E-state index in [0.717, 1.165) is 29.1 Å². The molecule has 0 radical (unpaired) electrons. The van der Waals surface area contributed by atoms with Gasteiger partial charge in [-0.25, -0.2) is 0 Å². The lowest BCUT2D eigenvalue weighted by Gasteiger charge is -1.98. The topological polar surface area (TPSA) is 49.9 Å². The molecule has 1 N–H and O–H groups in total. The smallest absolute Gasteiger partial charge is 0.260 e. The Kier molecular flexibility index (Phi) is 4.43. The molecule has 3 nitrogen and oxygen atoms in total. The van der Waals surface area contributed by atoms with Crippen LogP contribution in [0, 0.1) is 12.3 Å². The average molecular weight is 271 g/mol. The fourth-order valence-electron chi connectivity index (χ4n) is 1.77. The summed E-state index contributed by atoms with van der Waals surface area (Å²) in [7, 11) is 0. The van der Waals surface area contributed by atoms with E-state index in [1.165, 1.54) is 0 Å². The van der Waals surface area contributed by atoms with Crippen molar-refractivity contribution in [2.45, 2.75) is 12.8 Å². The SMILES string of the molecule is C#CCCCSC(=O)C(=O)c1c[nH]c2ccccc12. The molecule has 0 aliphatic rings. The summed E-state index contributed by atoms with van der Waals surface area (Å²) in [5.74, 6) is 2.63. The van der Waals surface area contributed by atoms with E-state index in [1.807, 2.05) is 24.3 Å². The molecule has 19 heavy (non-hydrogen) atoms. The minimum absolute atomic E-state index is 0.429. The molecule has 0 fully saturated rings. The second-order valence-electron chi connectivity index (χ2n) is 4.02. The summed E-state index contributed by atoms with van der Waals surface area (Å²) in [6, 6.07) is 7.42. The highest BCUT2D eigenvalue weighted by molar-refractivity contribution is 8.15. The van der Waals surface area contributed by atoms with Gasteiger partial charge in [0.25, 0.3) is 5.12 Å². The van der Waals surface area contributed by atoms with Gasteiger partial charge in [-0.1, -0.05) is 30.0 Å². The number of aromatic nitrogens is 1. The molecule has 0 unspecified atom stereocenters. The monoisotopic (exact) mass is 271 g/mol. The van der Waals surface area contributed by atoms with Crippen LogP contribution in [0.15, 0.2) is 30.5 Å². The number of para-hydroxylation sites is 1. The molecule has 0 atom stereocenters. The molecule has 4 heteroatoms. The quantitative estimate of drug-likeness (QED) is 0.393. The van der Waals surface area contributed by atoms with Crippen LogP contribution < -0.4 is 0 Å². The molecular weight excluding hydrogens is 258 g/mol. The normalized spacial score (nSPS) is 10.3. The van der Waals surface area contributed by atoms with Crippen LogP contribution in [0.3, 0.4) is 0 Å². The summed E-state index contributed by atoms with van der Waals surface area (Å²) in [5.41, 5.74) is 1.29. The molecule has 0 amide bonds. The Morgan fingerprint density at radius 1 is 1.32 bits per heavy atom. The van der Waals surface area contributed by atoms with Crippen molar-refractivity contribution < 1.29 is 9.59 Å². The number of rotatable bonds is 5. The maximum atomic E-state index is 12.1. The fourth-order valence-corrected chi connectivity index (χ4v) is 2.49.